The third-order valence-corrected chi connectivity index (χ3v) is 3.54. The number of carboxylic acids is 1. The Hall–Kier alpha value is -2.48. The maximum Gasteiger partial charge on any atom is 0.358 e. The van der Waals surface area contributed by atoms with Crippen LogP contribution in [-0.2, 0) is 10.0 Å². The minimum absolute atomic E-state index is 0.0111. The van der Waals surface area contributed by atoms with E-state index in [1.165, 1.54) is 24.5 Å². The van der Waals surface area contributed by atoms with E-state index >= 15 is 0 Å². The van der Waals surface area contributed by atoms with Crippen LogP contribution in [0.2, 0.25) is 0 Å². The Morgan fingerprint density at radius 3 is 2.37 bits per heavy atom. The predicted molar refractivity (Wildman–Crippen MR) is 66.2 cm³/mol. The van der Waals surface area contributed by atoms with Crippen molar-refractivity contribution in [3.8, 4) is 0 Å². The van der Waals surface area contributed by atoms with Gasteiger partial charge in [-0.3, -0.25) is 4.72 Å². The van der Waals surface area contributed by atoms with Crippen molar-refractivity contribution >= 4 is 21.8 Å². The lowest BCUT2D eigenvalue weighted by Gasteiger charge is -2.08. The summed E-state index contributed by atoms with van der Waals surface area (Å²) in [5, 5.41) is 8.90. The molecule has 0 aliphatic rings. The first-order chi connectivity index (χ1) is 9.00. The molecular formula is C11H9N3O4S. The minimum Gasteiger partial charge on any atom is -0.476 e. The molecule has 2 N–H and O–H groups in total. The largest absolute Gasteiger partial charge is 0.476 e. The van der Waals surface area contributed by atoms with Gasteiger partial charge in [-0.25, -0.2) is 23.2 Å². The highest BCUT2D eigenvalue weighted by molar-refractivity contribution is 7.92. The van der Waals surface area contributed by atoms with E-state index in [0.717, 1.165) is 0 Å². The molecule has 0 fully saturated rings. The van der Waals surface area contributed by atoms with Crippen LogP contribution in [0.4, 0.5) is 5.82 Å². The number of hydrogen-bond acceptors (Lipinski definition) is 5. The van der Waals surface area contributed by atoms with Crippen LogP contribution in [0.5, 0.6) is 0 Å². The number of carboxylic acid groups (broad SMARTS) is 1. The lowest BCUT2D eigenvalue weighted by molar-refractivity contribution is 0.0691. The molecule has 19 heavy (non-hydrogen) atoms. The van der Waals surface area contributed by atoms with E-state index in [4.69, 9.17) is 5.11 Å². The van der Waals surface area contributed by atoms with Crippen molar-refractivity contribution in [3.63, 3.8) is 0 Å². The zero-order chi connectivity index (χ0) is 13.9. The lowest BCUT2D eigenvalue weighted by Crippen LogP contribution is -2.17. The molecule has 0 aliphatic heterocycles. The molecule has 0 atom stereocenters. The summed E-state index contributed by atoms with van der Waals surface area (Å²) < 4.78 is 26.1. The molecule has 8 heteroatoms. The van der Waals surface area contributed by atoms with E-state index in [-0.39, 0.29) is 10.7 Å². The fourth-order valence-electron chi connectivity index (χ4n) is 1.36. The van der Waals surface area contributed by atoms with Crippen LogP contribution < -0.4 is 4.72 Å². The van der Waals surface area contributed by atoms with E-state index in [9.17, 15) is 13.2 Å². The summed E-state index contributed by atoms with van der Waals surface area (Å²) in [7, 11) is -3.89. The molecule has 0 spiro atoms. The summed E-state index contributed by atoms with van der Waals surface area (Å²) in [6.07, 6.45) is 2.37. The molecule has 0 saturated carbocycles. The summed E-state index contributed by atoms with van der Waals surface area (Å²) in [5.74, 6) is -1.68. The van der Waals surface area contributed by atoms with Crippen molar-refractivity contribution in [1.29, 1.82) is 0 Å². The topological polar surface area (TPSA) is 109 Å². The second kappa shape index (κ2) is 5.02. The summed E-state index contributed by atoms with van der Waals surface area (Å²) in [6, 6.07) is 7.56. The second-order valence-corrected chi connectivity index (χ2v) is 5.16. The first-order valence-electron chi connectivity index (χ1n) is 5.13. The average molecular weight is 279 g/mol. The molecule has 98 valence electrons. The fourth-order valence-corrected chi connectivity index (χ4v) is 2.39. The minimum atomic E-state index is -3.89. The predicted octanol–water partition coefficient (Wildman–Crippen LogP) is 0.976. The molecular weight excluding hydrogens is 270 g/mol. The van der Waals surface area contributed by atoms with Gasteiger partial charge in [-0.15, -0.1) is 0 Å². The average Bonchev–Trinajstić information content (AvgIpc) is 2.39. The number of benzene rings is 1. The van der Waals surface area contributed by atoms with Gasteiger partial charge in [0, 0.05) is 12.4 Å². The highest BCUT2D eigenvalue weighted by Gasteiger charge is 2.19. The summed E-state index contributed by atoms with van der Waals surface area (Å²) in [6.45, 7) is 0. The van der Waals surface area contributed by atoms with Crippen molar-refractivity contribution in [2.24, 2.45) is 0 Å². The van der Waals surface area contributed by atoms with Crippen LogP contribution in [0, 0.1) is 0 Å². The van der Waals surface area contributed by atoms with Gasteiger partial charge >= 0.3 is 5.97 Å². The summed E-state index contributed by atoms with van der Waals surface area (Å²) in [4.78, 5) is 18.2. The number of nitrogens with one attached hydrogen (secondary N) is 1. The van der Waals surface area contributed by atoms with Crippen LogP contribution in [-0.4, -0.2) is 29.5 Å². The maximum atomic E-state index is 12.0. The number of anilines is 1. The third kappa shape index (κ3) is 2.86. The van der Waals surface area contributed by atoms with E-state index in [0.29, 0.717) is 0 Å². The molecule has 0 amide bonds. The van der Waals surface area contributed by atoms with Gasteiger partial charge in [-0.1, -0.05) is 18.2 Å². The van der Waals surface area contributed by atoms with Crippen LogP contribution >= 0.6 is 0 Å². The van der Waals surface area contributed by atoms with Gasteiger partial charge in [0.2, 0.25) is 0 Å². The van der Waals surface area contributed by atoms with Crippen molar-refractivity contribution < 1.29 is 18.3 Å². The zero-order valence-corrected chi connectivity index (χ0v) is 10.3. The Kier molecular flexibility index (Phi) is 3.43. The van der Waals surface area contributed by atoms with Gasteiger partial charge in [0.15, 0.2) is 11.5 Å². The summed E-state index contributed by atoms with van der Waals surface area (Å²) >= 11 is 0. The number of aromatic carboxylic acids is 1. The van der Waals surface area contributed by atoms with Crippen molar-refractivity contribution in [3.05, 3.63) is 48.4 Å². The molecule has 7 nitrogen and oxygen atoms in total. The number of rotatable bonds is 4. The number of aromatic nitrogens is 2. The Morgan fingerprint density at radius 1 is 1.11 bits per heavy atom. The molecule has 0 bridgehead atoms. The molecule has 0 saturated heterocycles. The SMILES string of the molecule is O=C(O)c1nccnc1NS(=O)(=O)c1ccccc1. The highest BCUT2D eigenvalue weighted by Crippen LogP contribution is 2.15. The Balaban J connectivity index is 2.39. The first kappa shape index (κ1) is 13.0. The molecule has 0 unspecified atom stereocenters. The van der Waals surface area contributed by atoms with Gasteiger partial charge in [0.25, 0.3) is 10.0 Å². The molecule has 1 aromatic heterocycles. The quantitative estimate of drug-likeness (QED) is 0.863. The van der Waals surface area contributed by atoms with Crippen molar-refractivity contribution in [2.75, 3.05) is 4.72 Å². The van der Waals surface area contributed by atoms with Crippen LogP contribution in [0.25, 0.3) is 0 Å². The second-order valence-electron chi connectivity index (χ2n) is 3.48. The maximum absolute atomic E-state index is 12.0. The van der Waals surface area contributed by atoms with Gasteiger partial charge in [-0.05, 0) is 12.1 Å². The van der Waals surface area contributed by atoms with Gasteiger partial charge in [0.05, 0.1) is 4.90 Å². The smallest absolute Gasteiger partial charge is 0.358 e. The van der Waals surface area contributed by atoms with Crippen molar-refractivity contribution in [2.45, 2.75) is 4.90 Å². The van der Waals surface area contributed by atoms with E-state index in [1.54, 1.807) is 18.2 Å². The van der Waals surface area contributed by atoms with Crippen LogP contribution in [0.3, 0.4) is 0 Å². The number of sulfonamides is 1. The highest BCUT2D eigenvalue weighted by atomic mass is 32.2. The molecule has 2 aromatic rings. The van der Waals surface area contributed by atoms with Crippen molar-refractivity contribution in [1.82, 2.24) is 9.97 Å². The van der Waals surface area contributed by atoms with Gasteiger partial charge < -0.3 is 5.11 Å². The van der Waals surface area contributed by atoms with E-state index < -0.39 is 21.7 Å². The monoisotopic (exact) mass is 279 g/mol. The molecule has 1 aromatic carbocycles. The lowest BCUT2D eigenvalue weighted by atomic mass is 10.4. The van der Waals surface area contributed by atoms with E-state index in [2.05, 4.69) is 14.7 Å². The van der Waals surface area contributed by atoms with Crippen LogP contribution in [0.15, 0.2) is 47.6 Å². The Morgan fingerprint density at radius 2 is 1.74 bits per heavy atom. The van der Waals surface area contributed by atoms with Gasteiger partial charge in [0.1, 0.15) is 0 Å². The fraction of sp³-hybridized carbons (Fsp3) is 0. The normalized spacial score (nSPS) is 10.9. The number of nitrogens with zero attached hydrogens (tertiary/aromatic N) is 2. The summed E-state index contributed by atoms with van der Waals surface area (Å²) in [5.41, 5.74) is -0.456. The number of hydrogen-bond donors (Lipinski definition) is 2. The van der Waals surface area contributed by atoms with Crippen LogP contribution in [0.1, 0.15) is 10.5 Å². The Labute approximate surface area is 109 Å². The first-order valence-corrected chi connectivity index (χ1v) is 6.61. The molecule has 2 rings (SSSR count). The third-order valence-electron chi connectivity index (χ3n) is 2.19. The molecule has 1 heterocycles. The standard InChI is InChI=1S/C11H9N3O4S/c15-11(16)9-10(13-7-6-12-9)14-19(17,18)8-4-2-1-3-5-8/h1-7H,(H,13,14)(H,15,16). The molecule has 0 radical (unpaired) electrons. The number of carbonyl (C=O) groups is 1. The van der Waals surface area contributed by atoms with Gasteiger partial charge in [-0.2, -0.15) is 0 Å². The molecule has 0 aliphatic carbocycles. The zero-order valence-electron chi connectivity index (χ0n) is 9.52. The van der Waals surface area contributed by atoms with E-state index in [1.807, 2.05) is 0 Å². The Bertz CT molecular complexity index is 701.